The van der Waals surface area contributed by atoms with Crippen LogP contribution in [0.3, 0.4) is 0 Å². The SMILES string of the molecule is CC1CCN(c2ncncc2Cl)C1CBr. The van der Waals surface area contributed by atoms with Gasteiger partial charge in [0.25, 0.3) is 0 Å². The van der Waals surface area contributed by atoms with Crippen molar-refractivity contribution in [3.05, 3.63) is 17.5 Å². The Morgan fingerprint density at radius 1 is 1.67 bits per heavy atom. The molecule has 0 aliphatic carbocycles. The van der Waals surface area contributed by atoms with Gasteiger partial charge in [-0.3, -0.25) is 0 Å². The van der Waals surface area contributed by atoms with Crippen LogP contribution in [0.4, 0.5) is 5.82 Å². The standard InChI is InChI=1S/C10H13BrClN3/c1-7-2-3-15(9(7)4-11)10-8(12)5-13-6-14-10/h5-7,9H,2-4H2,1H3. The average molecular weight is 291 g/mol. The lowest BCUT2D eigenvalue weighted by Gasteiger charge is -2.26. The lowest BCUT2D eigenvalue weighted by atomic mass is 10.1. The molecule has 1 aliphatic rings. The highest BCUT2D eigenvalue weighted by Gasteiger charge is 2.32. The van der Waals surface area contributed by atoms with Gasteiger partial charge in [0.1, 0.15) is 11.3 Å². The third kappa shape index (κ3) is 2.11. The van der Waals surface area contributed by atoms with Crippen molar-refractivity contribution in [2.24, 2.45) is 5.92 Å². The highest BCUT2D eigenvalue weighted by molar-refractivity contribution is 9.09. The monoisotopic (exact) mass is 289 g/mol. The molecule has 1 saturated heterocycles. The van der Waals surface area contributed by atoms with Crippen LogP contribution in [0.1, 0.15) is 13.3 Å². The molecule has 2 atom stereocenters. The summed E-state index contributed by atoms with van der Waals surface area (Å²) in [5.41, 5.74) is 0. The highest BCUT2D eigenvalue weighted by Crippen LogP contribution is 2.32. The van der Waals surface area contributed by atoms with Crippen LogP contribution in [0.25, 0.3) is 0 Å². The first-order valence-electron chi connectivity index (χ1n) is 5.02. The number of anilines is 1. The maximum absolute atomic E-state index is 6.09. The van der Waals surface area contributed by atoms with Crippen molar-refractivity contribution in [2.45, 2.75) is 19.4 Å². The fourth-order valence-electron chi connectivity index (χ4n) is 2.02. The third-order valence-electron chi connectivity index (χ3n) is 2.96. The molecule has 0 N–H and O–H groups in total. The average Bonchev–Trinajstić information content (AvgIpc) is 2.60. The van der Waals surface area contributed by atoms with Crippen LogP contribution in [0.15, 0.2) is 12.5 Å². The number of hydrogen-bond donors (Lipinski definition) is 0. The lowest BCUT2D eigenvalue weighted by molar-refractivity contribution is 0.553. The van der Waals surface area contributed by atoms with E-state index in [1.165, 1.54) is 6.42 Å². The first-order chi connectivity index (χ1) is 7.24. The molecule has 2 unspecified atom stereocenters. The van der Waals surface area contributed by atoms with Crippen molar-refractivity contribution >= 4 is 33.3 Å². The van der Waals surface area contributed by atoms with Crippen molar-refractivity contribution in [3.8, 4) is 0 Å². The summed E-state index contributed by atoms with van der Waals surface area (Å²) in [6.07, 6.45) is 4.39. The molecular formula is C10H13BrClN3. The minimum absolute atomic E-state index is 0.484. The number of alkyl halides is 1. The Morgan fingerprint density at radius 2 is 2.47 bits per heavy atom. The molecule has 82 valence electrons. The van der Waals surface area contributed by atoms with Crippen molar-refractivity contribution in [1.29, 1.82) is 0 Å². The van der Waals surface area contributed by atoms with Gasteiger partial charge in [-0.2, -0.15) is 0 Å². The lowest BCUT2D eigenvalue weighted by Crippen LogP contribution is -2.34. The largest absolute Gasteiger partial charge is 0.351 e. The highest BCUT2D eigenvalue weighted by atomic mass is 79.9. The van der Waals surface area contributed by atoms with Crippen LogP contribution in [0.2, 0.25) is 5.02 Å². The molecule has 1 aromatic heterocycles. The van der Waals surface area contributed by atoms with E-state index in [9.17, 15) is 0 Å². The van der Waals surface area contributed by atoms with Gasteiger partial charge in [-0.05, 0) is 12.3 Å². The number of rotatable bonds is 2. The number of hydrogen-bond acceptors (Lipinski definition) is 3. The van der Waals surface area contributed by atoms with Crippen molar-refractivity contribution in [3.63, 3.8) is 0 Å². The minimum atomic E-state index is 0.484. The zero-order valence-electron chi connectivity index (χ0n) is 8.53. The molecule has 3 nitrogen and oxygen atoms in total. The van der Waals surface area contributed by atoms with Gasteiger partial charge in [0.15, 0.2) is 5.82 Å². The molecule has 1 aromatic rings. The van der Waals surface area contributed by atoms with Gasteiger partial charge in [-0.1, -0.05) is 34.5 Å². The van der Waals surface area contributed by atoms with E-state index in [0.29, 0.717) is 17.0 Å². The number of aromatic nitrogens is 2. The van der Waals surface area contributed by atoms with Gasteiger partial charge in [-0.15, -0.1) is 0 Å². The van der Waals surface area contributed by atoms with Crippen molar-refractivity contribution < 1.29 is 0 Å². The smallest absolute Gasteiger partial charge is 0.151 e. The first kappa shape index (κ1) is 11.1. The summed E-state index contributed by atoms with van der Waals surface area (Å²) in [7, 11) is 0. The van der Waals surface area contributed by atoms with E-state index in [-0.39, 0.29) is 0 Å². The maximum atomic E-state index is 6.09. The predicted molar refractivity (Wildman–Crippen MR) is 65.8 cm³/mol. The second-order valence-corrected chi connectivity index (χ2v) is 4.93. The summed E-state index contributed by atoms with van der Waals surface area (Å²) < 4.78 is 0. The third-order valence-corrected chi connectivity index (χ3v) is 3.89. The van der Waals surface area contributed by atoms with Crippen LogP contribution in [-0.2, 0) is 0 Å². The van der Waals surface area contributed by atoms with E-state index in [4.69, 9.17) is 11.6 Å². The molecule has 0 saturated carbocycles. The Labute approximate surface area is 103 Å². The summed E-state index contributed by atoms with van der Waals surface area (Å²) in [5, 5.41) is 1.59. The van der Waals surface area contributed by atoms with Crippen LogP contribution >= 0.6 is 27.5 Å². The van der Waals surface area contributed by atoms with Crippen LogP contribution in [0.5, 0.6) is 0 Å². The zero-order chi connectivity index (χ0) is 10.8. The first-order valence-corrected chi connectivity index (χ1v) is 6.52. The molecule has 0 aromatic carbocycles. The van der Waals surface area contributed by atoms with Gasteiger partial charge in [-0.25, -0.2) is 9.97 Å². The molecule has 2 heterocycles. The molecule has 0 spiro atoms. The Hall–Kier alpha value is -0.350. The molecule has 15 heavy (non-hydrogen) atoms. The molecule has 0 amide bonds. The Morgan fingerprint density at radius 3 is 3.13 bits per heavy atom. The van der Waals surface area contributed by atoms with Crippen LogP contribution < -0.4 is 4.90 Å². The Kier molecular flexibility index (Phi) is 3.46. The Bertz CT molecular complexity index is 347. The van der Waals surface area contributed by atoms with E-state index in [0.717, 1.165) is 17.7 Å². The molecule has 1 aliphatic heterocycles. The van der Waals surface area contributed by atoms with Gasteiger partial charge in [0.2, 0.25) is 0 Å². The topological polar surface area (TPSA) is 29.0 Å². The quantitative estimate of drug-likeness (QED) is 0.784. The molecule has 0 radical (unpaired) electrons. The van der Waals surface area contributed by atoms with Gasteiger partial charge in [0.05, 0.1) is 6.20 Å². The van der Waals surface area contributed by atoms with Crippen LogP contribution in [-0.4, -0.2) is 27.9 Å². The van der Waals surface area contributed by atoms with Crippen molar-refractivity contribution in [1.82, 2.24) is 9.97 Å². The van der Waals surface area contributed by atoms with E-state index < -0.39 is 0 Å². The number of halogens is 2. The summed E-state index contributed by atoms with van der Waals surface area (Å²) >= 11 is 9.64. The maximum Gasteiger partial charge on any atom is 0.151 e. The molecular weight excluding hydrogens is 277 g/mol. The van der Waals surface area contributed by atoms with Gasteiger partial charge in [0, 0.05) is 17.9 Å². The summed E-state index contributed by atoms with van der Waals surface area (Å²) in [4.78, 5) is 10.4. The molecule has 1 fully saturated rings. The second-order valence-electron chi connectivity index (χ2n) is 3.88. The fraction of sp³-hybridized carbons (Fsp3) is 0.600. The molecule has 2 rings (SSSR count). The van der Waals surface area contributed by atoms with Crippen LogP contribution in [0, 0.1) is 5.92 Å². The fourth-order valence-corrected chi connectivity index (χ4v) is 3.23. The summed E-state index contributed by atoms with van der Waals surface area (Å²) in [6.45, 7) is 3.29. The predicted octanol–water partition coefficient (Wildman–Crippen LogP) is 2.74. The molecule has 5 heteroatoms. The number of nitrogens with zero attached hydrogens (tertiary/aromatic N) is 3. The second kappa shape index (κ2) is 4.66. The minimum Gasteiger partial charge on any atom is -0.351 e. The van der Waals surface area contributed by atoms with E-state index in [1.807, 2.05) is 0 Å². The van der Waals surface area contributed by atoms with E-state index >= 15 is 0 Å². The summed E-state index contributed by atoms with van der Waals surface area (Å²) in [5.74, 6) is 1.54. The Balaban J connectivity index is 2.28. The van der Waals surface area contributed by atoms with E-state index in [2.05, 4.69) is 37.7 Å². The molecule has 0 bridgehead atoms. The van der Waals surface area contributed by atoms with Gasteiger partial charge >= 0.3 is 0 Å². The van der Waals surface area contributed by atoms with Gasteiger partial charge < -0.3 is 4.90 Å². The zero-order valence-corrected chi connectivity index (χ0v) is 10.9. The summed E-state index contributed by atoms with van der Waals surface area (Å²) in [6, 6.07) is 0.484. The van der Waals surface area contributed by atoms with Crippen molar-refractivity contribution in [2.75, 3.05) is 16.8 Å². The van der Waals surface area contributed by atoms with E-state index in [1.54, 1.807) is 12.5 Å². The normalized spacial score (nSPS) is 25.9.